The Bertz CT molecular complexity index is 370. The summed E-state index contributed by atoms with van der Waals surface area (Å²) in [7, 11) is 1.71. The Morgan fingerprint density at radius 1 is 1.25 bits per heavy atom. The number of aliphatic hydroxyl groups is 1. The molecule has 0 spiro atoms. The minimum atomic E-state index is -0.0496. The first kappa shape index (κ1) is 19.7. The second kappa shape index (κ2) is 10.4. The van der Waals surface area contributed by atoms with Crippen molar-refractivity contribution in [3.8, 4) is 0 Å². The zero-order valence-electron chi connectivity index (χ0n) is 15.4. The molecule has 0 aromatic rings. The lowest BCUT2D eigenvalue weighted by molar-refractivity contribution is -0.122. The maximum Gasteiger partial charge on any atom is 0.221 e. The molecular formula is C19H36N2O3. The van der Waals surface area contributed by atoms with Crippen molar-refractivity contribution in [1.82, 2.24) is 10.2 Å². The summed E-state index contributed by atoms with van der Waals surface area (Å²) in [6.45, 7) is 3.61. The standard InChI is InChI=1S/C19H36N2O3/c1-24-14-11-19(16-22)10-6-12-21(15-19)13-9-18(23)20-17-7-4-2-3-5-8-17/h17,22H,2-16H2,1H3,(H,20,23)/t19-/m1/s1. The minimum Gasteiger partial charge on any atom is -0.396 e. The van der Waals surface area contributed by atoms with E-state index < -0.39 is 0 Å². The number of amides is 1. The molecule has 2 fully saturated rings. The number of hydrogen-bond donors (Lipinski definition) is 2. The number of carbonyl (C=O) groups excluding carboxylic acids is 1. The van der Waals surface area contributed by atoms with Crippen molar-refractivity contribution in [3.63, 3.8) is 0 Å². The van der Waals surface area contributed by atoms with Crippen LogP contribution in [0.15, 0.2) is 0 Å². The van der Waals surface area contributed by atoms with E-state index in [4.69, 9.17) is 4.74 Å². The monoisotopic (exact) mass is 340 g/mol. The smallest absolute Gasteiger partial charge is 0.221 e. The van der Waals surface area contributed by atoms with Crippen LogP contribution in [-0.2, 0) is 9.53 Å². The lowest BCUT2D eigenvalue weighted by Crippen LogP contribution is -2.47. The molecule has 5 heteroatoms. The molecule has 0 radical (unpaired) electrons. The van der Waals surface area contributed by atoms with Gasteiger partial charge in [-0.3, -0.25) is 4.79 Å². The van der Waals surface area contributed by atoms with Crippen molar-refractivity contribution in [3.05, 3.63) is 0 Å². The maximum absolute atomic E-state index is 12.3. The SMILES string of the molecule is COCC[C@]1(CO)CCCN(CCC(=O)NC2CCCCCC2)C1. The Morgan fingerprint density at radius 2 is 2.00 bits per heavy atom. The summed E-state index contributed by atoms with van der Waals surface area (Å²) in [5, 5.41) is 13.1. The summed E-state index contributed by atoms with van der Waals surface area (Å²) < 4.78 is 5.21. The van der Waals surface area contributed by atoms with Gasteiger partial charge in [-0.15, -0.1) is 0 Å². The van der Waals surface area contributed by atoms with Crippen LogP contribution < -0.4 is 5.32 Å². The summed E-state index contributed by atoms with van der Waals surface area (Å²) in [5.41, 5.74) is -0.0496. The lowest BCUT2D eigenvalue weighted by Gasteiger charge is -2.41. The summed E-state index contributed by atoms with van der Waals surface area (Å²) in [4.78, 5) is 14.6. The number of carbonyl (C=O) groups is 1. The van der Waals surface area contributed by atoms with E-state index in [1.807, 2.05) is 0 Å². The van der Waals surface area contributed by atoms with Gasteiger partial charge in [0, 0.05) is 44.7 Å². The number of nitrogens with zero attached hydrogens (tertiary/aromatic N) is 1. The van der Waals surface area contributed by atoms with E-state index in [-0.39, 0.29) is 17.9 Å². The first-order valence-electron chi connectivity index (χ1n) is 9.79. The molecule has 2 aliphatic rings. The van der Waals surface area contributed by atoms with Gasteiger partial charge in [0.05, 0.1) is 6.61 Å². The molecule has 1 aliphatic carbocycles. The molecule has 2 rings (SSSR count). The lowest BCUT2D eigenvalue weighted by atomic mass is 9.78. The van der Waals surface area contributed by atoms with Crippen LogP contribution in [0.4, 0.5) is 0 Å². The van der Waals surface area contributed by atoms with Gasteiger partial charge in [0.1, 0.15) is 0 Å². The molecule has 0 aromatic heterocycles. The molecule has 140 valence electrons. The third kappa shape index (κ3) is 6.34. The van der Waals surface area contributed by atoms with Gasteiger partial charge < -0.3 is 20.1 Å². The van der Waals surface area contributed by atoms with Gasteiger partial charge in [-0.05, 0) is 38.6 Å². The highest BCUT2D eigenvalue weighted by molar-refractivity contribution is 5.76. The molecule has 0 bridgehead atoms. The van der Waals surface area contributed by atoms with Crippen LogP contribution in [0.1, 0.15) is 64.2 Å². The van der Waals surface area contributed by atoms with E-state index in [0.717, 1.165) is 51.7 Å². The fourth-order valence-electron chi connectivity index (χ4n) is 4.21. The molecule has 2 N–H and O–H groups in total. The van der Waals surface area contributed by atoms with Crippen LogP contribution in [-0.4, -0.2) is 61.9 Å². The van der Waals surface area contributed by atoms with Crippen LogP contribution in [0.5, 0.6) is 0 Å². The molecule has 1 aliphatic heterocycles. The van der Waals surface area contributed by atoms with Crippen LogP contribution in [0, 0.1) is 5.41 Å². The number of rotatable bonds is 8. The highest BCUT2D eigenvalue weighted by atomic mass is 16.5. The summed E-state index contributed by atoms with van der Waals surface area (Å²) in [6.07, 6.45) is 11.0. The molecule has 1 saturated heterocycles. The van der Waals surface area contributed by atoms with E-state index in [9.17, 15) is 9.90 Å². The predicted molar refractivity (Wildman–Crippen MR) is 95.9 cm³/mol. The predicted octanol–water partition coefficient (Wildman–Crippen LogP) is 2.33. The number of ether oxygens (including phenoxy) is 1. The van der Waals surface area contributed by atoms with E-state index in [1.165, 1.54) is 25.7 Å². The van der Waals surface area contributed by atoms with Gasteiger partial charge in [-0.2, -0.15) is 0 Å². The van der Waals surface area contributed by atoms with Gasteiger partial charge in [0.25, 0.3) is 0 Å². The molecule has 1 atom stereocenters. The van der Waals surface area contributed by atoms with Crippen molar-refractivity contribution >= 4 is 5.91 Å². The largest absolute Gasteiger partial charge is 0.396 e. The van der Waals surface area contributed by atoms with Gasteiger partial charge in [0.15, 0.2) is 0 Å². The van der Waals surface area contributed by atoms with E-state index >= 15 is 0 Å². The third-order valence-corrected chi connectivity index (χ3v) is 5.79. The normalized spacial score (nSPS) is 26.9. The van der Waals surface area contributed by atoms with Crippen LogP contribution in [0.25, 0.3) is 0 Å². The molecule has 5 nitrogen and oxygen atoms in total. The first-order valence-corrected chi connectivity index (χ1v) is 9.79. The zero-order valence-corrected chi connectivity index (χ0v) is 15.4. The number of aliphatic hydroxyl groups excluding tert-OH is 1. The molecule has 0 unspecified atom stereocenters. The van der Waals surface area contributed by atoms with Crippen molar-refractivity contribution in [2.45, 2.75) is 70.3 Å². The van der Waals surface area contributed by atoms with Crippen molar-refractivity contribution < 1.29 is 14.6 Å². The number of methoxy groups -OCH3 is 1. The second-order valence-electron chi connectivity index (χ2n) is 7.79. The van der Waals surface area contributed by atoms with E-state index in [0.29, 0.717) is 19.1 Å². The first-order chi connectivity index (χ1) is 11.7. The Hall–Kier alpha value is -0.650. The fraction of sp³-hybridized carbons (Fsp3) is 0.947. The number of nitrogens with one attached hydrogen (secondary N) is 1. The maximum atomic E-state index is 12.3. The van der Waals surface area contributed by atoms with Crippen LogP contribution in [0.2, 0.25) is 0 Å². The average Bonchev–Trinajstić information content (AvgIpc) is 2.87. The van der Waals surface area contributed by atoms with Gasteiger partial charge in [-0.1, -0.05) is 25.7 Å². The van der Waals surface area contributed by atoms with Crippen molar-refractivity contribution in [2.24, 2.45) is 5.41 Å². The number of likely N-dealkylation sites (tertiary alicyclic amines) is 1. The molecule has 24 heavy (non-hydrogen) atoms. The van der Waals surface area contributed by atoms with Gasteiger partial charge >= 0.3 is 0 Å². The topological polar surface area (TPSA) is 61.8 Å². The van der Waals surface area contributed by atoms with Crippen LogP contribution >= 0.6 is 0 Å². The highest BCUT2D eigenvalue weighted by Crippen LogP contribution is 2.33. The zero-order chi connectivity index (χ0) is 17.3. The van der Waals surface area contributed by atoms with Crippen molar-refractivity contribution in [1.29, 1.82) is 0 Å². The van der Waals surface area contributed by atoms with Gasteiger partial charge in [-0.25, -0.2) is 0 Å². The van der Waals surface area contributed by atoms with E-state index in [1.54, 1.807) is 7.11 Å². The summed E-state index contributed by atoms with van der Waals surface area (Å²) in [6, 6.07) is 0.389. The quantitative estimate of drug-likeness (QED) is 0.666. The molecule has 0 aromatic carbocycles. The summed E-state index contributed by atoms with van der Waals surface area (Å²) >= 11 is 0. The highest BCUT2D eigenvalue weighted by Gasteiger charge is 2.34. The summed E-state index contributed by atoms with van der Waals surface area (Å²) in [5.74, 6) is 0.193. The Morgan fingerprint density at radius 3 is 2.67 bits per heavy atom. The number of hydrogen-bond acceptors (Lipinski definition) is 4. The average molecular weight is 341 g/mol. The number of piperidine rings is 1. The van der Waals surface area contributed by atoms with Gasteiger partial charge in [0.2, 0.25) is 5.91 Å². The Kier molecular flexibility index (Phi) is 8.50. The third-order valence-electron chi connectivity index (χ3n) is 5.79. The fourth-order valence-corrected chi connectivity index (χ4v) is 4.21. The van der Waals surface area contributed by atoms with Crippen LogP contribution in [0.3, 0.4) is 0 Å². The molecule has 1 saturated carbocycles. The Balaban J connectivity index is 1.73. The molecule has 1 amide bonds. The second-order valence-corrected chi connectivity index (χ2v) is 7.79. The van der Waals surface area contributed by atoms with Crippen molar-refractivity contribution in [2.75, 3.05) is 40.0 Å². The Labute approximate surface area is 147 Å². The molecule has 1 heterocycles. The minimum absolute atomic E-state index is 0.0496. The molecular weight excluding hydrogens is 304 g/mol. The van der Waals surface area contributed by atoms with E-state index in [2.05, 4.69) is 10.2 Å².